The first kappa shape index (κ1) is 18.9. The highest BCUT2D eigenvalue weighted by Gasteiger charge is 2.62. The summed E-state index contributed by atoms with van der Waals surface area (Å²) in [7, 11) is 0. The first-order valence-electron chi connectivity index (χ1n) is 7.99. The molecule has 1 aromatic rings. The normalized spacial score (nSPS) is 23.8. The molecule has 1 aromatic carbocycles. The third kappa shape index (κ3) is 3.26. The average molecular weight is 388 g/mol. The lowest BCUT2D eigenvalue weighted by atomic mass is 9.93. The minimum absolute atomic E-state index is 0.0221. The molecule has 2 nitrogen and oxygen atoms in total. The second-order valence-electron chi connectivity index (χ2n) is 6.13. The molecule has 0 spiro atoms. The highest BCUT2D eigenvalue weighted by molar-refractivity contribution is 8.00. The van der Waals surface area contributed by atoms with E-state index >= 15 is 0 Å². The Kier molecular flexibility index (Phi) is 4.90. The van der Waals surface area contributed by atoms with E-state index in [1.54, 1.807) is 12.3 Å². The van der Waals surface area contributed by atoms with E-state index in [0.29, 0.717) is 6.42 Å². The Bertz CT molecular complexity index is 755. The van der Waals surface area contributed by atoms with E-state index in [1.165, 1.54) is 16.8 Å². The maximum Gasteiger partial charge on any atom is 0.459 e. The van der Waals surface area contributed by atoms with Crippen LogP contribution in [0.15, 0.2) is 53.7 Å². The monoisotopic (exact) mass is 388 g/mol. The van der Waals surface area contributed by atoms with Crippen LogP contribution in [0, 0.1) is 0 Å². The third-order valence-electron chi connectivity index (χ3n) is 4.55. The number of halogens is 5. The molecule has 8 heteroatoms. The summed E-state index contributed by atoms with van der Waals surface area (Å²) in [6.07, 6.45) is 1.75. The summed E-state index contributed by atoms with van der Waals surface area (Å²) in [5.74, 6) is -4.90. The standard InChI is InChI=1S/C18H17F5N2S/c1-26-16(10-5-8-14(12-16)13-6-3-2-4-7-13)25-11-9-15(24-25)17(19,20)18(21,22)23/h2-8,10H,9,11-12H2,1H3. The fraction of sp³-hybridized carbons (Fsp3) is 0.389. The van der Waals surface area contributed by atoms with Crippen LogP contribution in [-0.4, -0.2) is 40.5 Å². The van der Waals surface area contributed by atoms with Gasteiger partial charge in [0.25, 0.3) is 0 Å². The maximum absolute atomic E-state index is 13.6. The van der Waals surface area contributed by atoms with Gasteiger partial charge in [-0.25, -0.2) is 0 Å². The second kappa shape index (κ2) is 6.72. The van der Waals surface area contributed by atoms with Gasteiger partial charge in [-0.1, -0.05) is 42.5 Å². The average Bonchev–Trinajstić information content (AvgIpc) is 3.13. The van der Waals surface area contributed by atoms with Gasteiger partial charge in [0.05, 0.1) is 0 Å². The van der Waals surface area contributed by atoms with Crippen molar-refractivity contribution in [1.29, 1.82) is 0 Å². The van der Waals surface area contributed by atoms with Crippen molar-refractivity contribution in [2.75, 3.05) is 12.8 Å². The van der Waals surface area contributed by atoms with E-state index in [9.17, 15) is 22.0 Å². The van der Waals surface area contributed by atoms with Crippen LogP contribution in [-0.2, 0) is 0 Å². The van der Waals surface area contributed by atoms with Crippen LogP contribution >= 0.6 is 11.8 Å². The van der Waals surface area contributed by atoms with Gasteiger partial charge in [0.2, 0.25) is 0 Å². The predicted octanol–water partition coefficient (Wildman–Crippen LogP) is 5.35. The molecule has 0 saturated heterocycles. The molecule has 26 heavy (non-hydrogen) atoms. The van der Waals surface area contributed by atoms with E-state index in [0.717, 1.165) is 11.1 Å². The van der Waals surface area contributed by atoms with Gasteiger partial charge in [-0.15, -0.1) is 11.8 Å². The van der Waals surface area contributed by atoms with Crippen molar-refractivity contribution in [3.8, 4) is 0 Å². The van der Waals surface area contributed by atoms with E-state index in [4.69, 9.17) is 0 Å². The van der Waals surface area contributed by atoms with Crippen LogP contribution in [0.25, 0.3) is 5.57 Å². The van der Waals surface area contributed by atoms with Crippen molar-refractivity contribution in [1.82, 2.24) is 5.01 Å². The molecule has 1 aliphatic carbocycles. The number of alkyl halides is 5. The smallest absolute Gasteiger partial charge is 0.276 e. The quantitative estimate of drug-likeness (QED) is 0.647. The lowest BCUT2D eigenvalue weighted by molar-refractivity contribution is -0.249. The van der Waals surface area contributed by atoms with Crippen molar-refractivity contribution in [2.45, 2.75) is 29.8 Å². The summed E-state index contributed by atoms with van der Waals surface area (Å²) in [5.41, 5.74) is 0.843. The highest BCUT2D eigenvalue weighted by Crippen LogP contribution is 2.45. The second-order valence-corrected chi connectivity index (χ2v) is 7.25. The summed E-state index contributed by atoms with van der Waals surface area (Å²) in [5, 5.41) is 5.06. The molecule has 140 valence electrons. The Morgan fingerprint density at radius 2 is 1.81 bits per heavy atom. The number of hydrogen-bond donors (Lipinski definition) is 0. The van der Waals surface area contributed by atoms with E-state index in [2.05, 4.69) is 5.10 Å². The zero-order valence-corrected chi connectivity index (χ0v) is 14.7. The zero-order valence-electron chi connectivity index (χ0n) is 13.9. The maximum atomic E-state index is 13.6. The van der Waals surface area contributed by atoms with Crippen molar-refractivity contribution in [2.24, 2.45) is 5.10 Å². The van der Waals surface area contributed by atoms with Crippen LogP contribution in [0.2, 0.25) is 0 Å². The summed E-state index contributed by atoms with van der Waals surface area (Å²) in [4.78, 5) is -0.788. The minimum atomic E-state index is -5.63. The van der Waals surface area contributed by atoms with Crippen LogP contribution in [0.4, 0.5) is 22.0 Å². The Hall–Kier alpha value is -1.83. The summed E-state index contributed by atoms with van der Waals surface area (Å²) in [6.45, 7) is 0.0221. The lowest BCUT2D eigenvalue weighted by Gasteiger charge is -2.39. The minimum Gasteiger partial charge on any atom is -0.276 e. The molecular formula is C18H17F5N2S. The van der Waals surface area contributed by atoms with E-state index < -0.39 is 29.1 Å². The van der Waals surface area contributed by atoms with Gasteiger partial charge in [-0.3, -0.25) is 5.01 Å². The van der Waals surface area contributed by atoms with Gasteiger partial charge < -0.3 is 0 Å². The molecule has 1 aliphatic heterocycles. The summed E-state index contributed by atoms with van der Waals surface area (Å²) >= 11 is 1.37. The van der Waals surface area contributed by atoms with Gasteiger partial charge >= 0.3 is 12.1 Å². The van der Waals surface area contributed by atoms with Crippen LogP contribution < -0.4 is 0 Å². The van der Waals surface area contributed by atoms with Crippen LogP contribution in [0.5, 0.6) is 0 Å². The highest BCUT2D eigenvalue weighted by atomic mass is 32.2. The molecule has 1 unspecified atom stereocenters. The van der Waals surface area contributed by atoms with Gasteiger partial charge in [-0.05, 0) is 23.5 Å². The molecule has 3 rings (SSSR count). The van der Waals surface area contributed by atoms with Crippen LogP contribution in [0.3, 0.4) is 0 Å². The molecule has 0 bridgehead atoms. The first-order chi connectivity index (χ1) is 12.2. The summed E-state index contributed by atoms with van der Waals surface area (Å²) in [6, 6.07) is 9.55. The van der Waals surface area contributed by atoms with Crippen LogP contribution in [0.1, 0.15) is 18.4 Å². The molecule has 0 N–H and O–H groups in total. The molecule has 0 radical (unpaired) electrons. The van der Waals surface area contributed by atoms with Gasteiger partial charge in [-0.2, -0.15) is 27.1 Å². The number of allylic oxidation sites excluding steroid dienone is 2. The fourth-order valence-corrected chi connectivity index (χ4v) is 3.95. The molecule has 1 atom stereocenters. The van der Waals surface area contributed by atoms with Gasteiger partial charge in [0.15, 0.2) is 0 Å². The number of thioether (sulfide) groups is 1. The number of hydrogen-bond acceptors (Lipinski definition) is 3. The zero-order chi connectivity index (χ0) is 19.0. The Labute approximate surface area is 152 Å². The number of hydrazone groups is 1. The Morgan fingerprint density at radius 3 is 2.42 bits per heavy atom. The van der Waals surface area contributed by atoms with Crippen molar-refractivity contribution < 1.29 is 22.0 Å². The largest absolute Gasteiger partial charge is 0.459 e. The number of rotatable bonds is 4. The van der Waals surface area contributed by atoms with Crippen molar-refractivity contribution >= 4 is 23.0 Å². The molecular weight excluding hydrogens is 371 g/mol. The van der Waals surface area contributed by atoms with E-state index in [1.807, 2.05) is 42.5 Å². The van der Waals surface area contributed by atoms with Crippen molar-refractivity contribution in [3.63, 3.8) is 0 Å². The lowest BCUT2D eigenvalue weighted by Crippen LogP contribution is -2.43. The fourth-order valence-electron chi connectivity index (χ4n) is 3.09. The number of benzene rings is 1. The number of nitrogens with zero attached hydrogens (tertiary/aromatic N) is 2. The van der Waals surface area contributed by atoms with Gasteiger partial charge in [0, 0.05) is 19.4 Å². The molecule has 2 aliphatic rings. The molecule has 0 fully saturated rings. The van der Waals surface area contributed by atoms with Gasteiger partial charge in [0.1, 0.15) is 10.6 Å². The molecule has 0 aromatic heterocycles. The molecule has 1 heterocycles. The van der Waals surface area contributed by atoms with E-state index in [-0.39, 0.29) is 6.54 Å². The summed E-state index contributed by atoms with van der Waals surface area (Å²) < 4.78 is 65.2. The third-order valence-corrected chi connectivity index (χ3v) is 5.75. The Balaban J connectivity index is 1.88. The Morgan fingerprint density at radius 1 is 1.12 bits per heavy atom. The predicted molar refractivity (Wildman–Crippen MR) is 94.2 cm³/mol. The van der Waals surface area contributed by atoms with Crippen molar-refractivity contribution in [3.05, 3.63) is 54.1 Å². The SMILES string of the molecule is CSC1(N2CCC(C(F)(F)C(F)(F)F)=N2)C=CC=C(c2ccccc2)C1. The topological polar surface area (TPSA) is 15.6 Å². The molecule has 0 saturated carbocycles. The molecule has 0 amide bonds. The first-order valence-corrected chi connectivity index (χ1v) is 9.21.